The highest BCUT2D eigenvalue weighted by molar-refractivity contribution is 5.98. The number of piperidine rings is 1. The van der Waals surface area contributed by atoms with Crippen LogP contribution >= 0.6 is 0 Å². The van der Waals surface area contributed by atoms with Crippen LogP contribution in [0.4, 0.5) is 0 Å². The van der Waals surface area contributed by atoms with Crippen LogP contribution in [0.1, 0.15) is 0 Å². The lowest BCUT2D eigenvalue weighted by atomic mass is 9.68. The third-order valence-corrected chi connectivity index (χ3v) is 4.03. The Labute approximate surface area is 109 Å². The molecular formula is C13H9N3O3. The van der Waals surface area contributed by atoms with E-state index in [9.17, 15) is 9.59 Å². The second-order valence-corrected chi connectivity index (χ2v) is 4.79. The molecule has 1 aliphatic carbocycles. The first-order chi connectivity index (χ1) is 9.10. The lowest BCUT2D eigenvalue weighted by molar-refractivity contribution is -0.153. The van der Waals surface area contributed by atoms with Crippen LogP contribution in [0.2, 0.25) is 0 Å². The number of rotatable bonds is 0. The van der Waals surface area contributed by atoms with E-state index in [4.69, 9.17) is 15.3 Å². The van der Waals surface area contributed by atoms with Gasteiger partial charge in [0.25, 0.3) is 0 Å². The Kier molecular flexibility index (Phi) is 2.23. The fraction of sp³-hybridized carbons (Fsp3) is 0.385. The number of nitrogens with zero attached hydrogens (tertiary/aromatic N) is 3. The van der Waals surface area contributed by atoms with E-state index in [1.165, 1.54) is 0 Å². The Balaban J connectivity index is 2.18. The van der Waals surface area contributed by atoms with Gasteiger partial charge in [-0.1, -0.05) is 12.2 Å². The average molecular weight is 255 g/mol. The largest absolute Gasteiger partial charge is 0.393 e. The van der Waals surface area contributed by atoms with Gasteiger partial charge in [-0.3, -0.25) is 9.59 Å². The first kappa shape index (κ1) is 11.5. The molecule has 4 aliphatic rings. The minimum atomic E-state index is -0.606. The third kappa shape index (κ3) is 1.28. The Morgan fingerprint density at radius 3 is 2.47 bits per heavy atom. The second-order valence-electron chi connectivity index (χ2n) is 4.79. The van der Waals surface area contributed by atoms with Crippen LogP contribution in [0, 0.1) is 40.4 Å². The zero-order valence-electron chi connectivity index (χ0n) is 10.0. The highest BCUT2D eigenvalue weighted by Crippen LogP contribution is 2.48. The summed E-state index contributed by atoms with van der Waals surface area (Å²) in [5, 5.41) is 18.0. The zero-order valence-corrected chi connectivity index (χ0v) is 10.0. The summed E-state index contributed by atoms with van der Waals surface area (Å²) in [6.07, 6.45) is 3.62. The van der Waals surface area contributed by atoms with Gasteiger partial charge < -0.3 is 9.64 Å². The molecule has 6 nitrogen and oxygen atoms in total. The second kappa shape index (κ2) is 3.69. The quantitative estimate of drug-likeness (QED) is 0.264. The molecule has 0 aromatic rings. The van der Waals surface area contributed by atoms with Crippen LogP contribution in [-0.4, -0.2) is 29.9 Å². The van der Waals surface area contributed by atoms with Gasteiger partial charge in [0.05, 0.1) is 23.6 Å². The van der Waals surface area contributed by atoms with Crippen molar-refractivity contribution in [3.05, 3.63) is 23.4 Å². The maximum atomic E-state index is 11.8. The van der Waals surface area contributed by atoms with E-state index in [1.54, 1.807) is 18.0 Å². The van der Waals surface area contributed by atoms with Crippen molar-refractivity contribution >= 4 is 11.9 Å². The topological polar surface area (TPSA) is 94.2 Å². The summed E-state index contributed by atoms with van der Waals surface area (Å²) in [6.45, 7) is 0. The van der Waals surface area contributed by atoms with Gasteiger partial charge in [0, 0.05) is 13.0 Å². The number of likely N-dealkylation sites (N-methyl/N-ethyl adjacent to an activating group) is 1. The minimum absolute atomic E-state index is 0.0209. The van der Waals surface area contributed by atoms with E-state index in [-0.39, 0.29) is 11.6 Å². The number of hydrogen-bond donors (Lipinski definition) is 0. The van der Waals surface area contributed by atoms with Crippen LogP contribution in [0.15, 0.2) is 23.4 Å². The van der Waals surface area contributed by atoms with Gasteiger partial charge in [-0.2, -0.15) is 10.5 Å². The van der Waals surface area contributed by atoms with E-state index in [0.717, 1.165) is 0 Å². The van der Waals surface area contributed by atoms with E-state index in [2.05, 4.69) is 0 Å². The highest BCUT2D eigenvalue weighted by atomic mass is 16.6. The Morgan fingerprint density at radius 2 is 1.84 bits per heavy atom. The summed E-state index contributed by atoms with van der Waals surface area (Å²) in [5.74, 6) is -2.65. The van der Waals surface area contributed by atoms with Crippen molar-refractivity contribution in [3.63, 3.8) is 0 Å². The number of hydrogen-bond acceptors (Lipinski definition) is 6. The summed E-state index contributed by atoms with van der Waals surface area (Å²) in [7, 11) is 1.72. The molecule has 2 saturated heterocycles. The van der Waals surface area contributed by atoms with Crippen LogP contribution in [0.25, 0.3) is 0 Å². The molecule has 4 atom stereocenters. The number of carbonyl (C=O) groups is 2. The molecule has 0 aromatic carbocycles. The summed E-state index contributed by atoms with van der Waals surface area (Å²) in [6, 6.07) is 3.36. The van der Waals surface area contributed by atoms with Crippen molar-refractivity contribution in [2.45, 2.75) is 6.04 Å². The smallest absolute Gasteiger partial charge is 0.319 e. The van der Waals surface area contributed by atoms with Crippen LogP contribution < -0.4 is 0 Å². The molecule has 2 fully saturated rings. The third-order valence-electron chi connectivity index (χ3n) is 4.03. The number of nitriles is 2. The number of cyclic esters (lactones) is 2. The van der Waals surface area contributed by atoms with Gasteiger partial charge in [-0.15, -0.1) is 0 Å². The van der Waals surface area contributed by atoms with Gasteiger partial charge in [0.2, 0.25) is 0 Å². The van der Waals surface area contributed by atoms with Gasteiger partial charge >= 0.3 is 11.9 Å². The molecule has 0 N–H and O–H groups in total. The minimum Gasteiger partial charge on any atom is -0.393 e. The Morgan fingerprint density at radius 1 is 1.21 bits per heavy atom. The van der Waals surface area contributed by atoms with Gasteiger partial charge in [0.15, 0.2) is 0 Å². The first-order valence-corrected chi connectivity index (χ1v) is 5.81. The van der Waals surface area contributed by atoms with Gasteiger partial charge in [-0.05, 0) is 0 Å². The summed E-state index contributed by atoms with van der Waals surface area (Å²) in [4.78, 5) is 25.2. The van der Waals surface area contributed by atoms with E-state index in [0.29, 0.717) is 5.70 Å². The molecule has 94 valence electrons. The predicted octanol–water partition coefficient (Wildman–Crippen LogP) is 0.103. The van der Waals surface area contributed by atoms with Crippen molar-refractivity contribution < 1.29 is 14.3 Å². The number of ether oxygens (including phenoxy) is 1. The molecule has 6 heteroatoms. The van der Waals surface area contributed by atoms with Crippen LogP contribution in [-0.2, 0) is 14.3 Å². The van der Waals surface area contributed by atoms with Gasteiger partial charge in [0.1, 0.15) is 17.7 Å². The number of carbonyl (C=O) groups excluding carboxylic acids is 2. The van der Waals surface area contributed by atoms with Crippen molar-refractivity contribution in [2.75, 3.05) is 7.05 Å². The lowest BCUT2D eigenvalue weighted by Gasteiger charge is -2.47. The maximum absolute atomic E-state index is 11.8. The standard InChI is InChI=1S/C13H9N3O3/c1-16-8-3-2-7(11(16)6(4-14)5-15)9-10(8)13(18)19-12(9)17/h2-3,7-10H,1H3/t7-,8+,9+,10-/m1/s1. The molecule has 19 heavy (non-hydrogen) atoms. The monoisotopic (exact) mass is 255 g/mol. The van der Waals surface area contributed by atoms with E-state index >= 15 is 0 Å². The Bertz CT molecular complexity index is 618. The van der Waals surface area contributed by atoms with E-state index < -0.39 is 29.7 Å². The van der Waals surface area contributed by atoms with Crippen molar-refractivity contribution in [3.8, 4) is 12.1 Å². The fourth-order valence-corrected chi connectivity index (χ4v) is 3.23. The molecule has 0 saturated carbocycles. The van der Waals surface area contributed by atoms with Crippen molar-refractivity contribution in [1.29, 1.82) is 10.5 Å². The average Bonchev–Trinajstić information content (AvgIpc) is 2.71. The lowest BCUT2D eigenvalue weighted by Crippen LogP contribution is -2.53. The van der Waals surface area contributed by atoms with Crippen LogP contribution in [0.3, 0.4) is 0 Å². The number of allylic oxidation sites excluding steroid dienone is 2. The fourth-order valence-electron chi connectivity index (χ4n) is 3.23. The number of esters is 2. The Hall–Kier alpha value is -2.60. The molecule has 4 rings (SSSR count). The normalized spacial score (nSPS) is 34.7. The first-order valence-electron chi connectivity index (χ1n) is 5.81. The predicted molar refractivity (Wildman–Crippen MR) is 60.5 cm³/mol. The number of fused-ring (bicyclic) bond motifs is 1. The molecule has 3 heterocycles. The van der Waals surface area contributed by atoms with E-state index in [1.807, 2.05) is 18.2 Å². The zero-order chi connectivity index (χ0) is 13.7. The maximum Gasteiger partial charge on any atom is 0.319 e. The molecule has 0 aromatic heterocycles. The molecule has 0 amide bonds. The molecule has 0 unspecified atom stereocenters. The molecule has 3 aliphatic heterocycles. The molecule has 0 spiro atoms. The van der Waals surface area contributed by atoms with Gasteiger partial charge in [-0.25, -0.2) is 0 Å². The SMILES string of the molecule is CN1C(=C(C#N)C#N)[C@@H]2C=C[C@H]1[C@H]1C(=O)OC(=O)[C@H]12. The summed E-state index contributed by atoms with van der Waals surface area (Å²) in [5.41, 5.74) is 0.484. The molecule has 0 radical (unpaired) electrons. The summed E-state index contributed by atoms with van der Waals surface area (Å²) >= 11 is 0. The highest BCUT2D eigenvalue weighted by Gasteiger charge is 2.59. The van der Waals surface area contributed by atoms with Crippen LogP contribution in [0.5, 0.6) is 0 Å². The van der Waals surface area contributed by atoms with Crippen molar-refractivity contribution in [1.82, 2.24) is 4.90 Å². The summed E-state index contributed by atoms with van der Waals surface area (Å²) < 4.78 is 4.70. The molecular weight excluding hydrogens is 246 g/mol. The molecule has 2 bridgehead atoms. The van der Waals surface area contributed by atoms with Crippen molar-refractivity contribution in [2.24, 2.45) is 17.8 Å².